The molecular formula is C28H22F2N4O5. The smallest absolute Gasteiger partial charge is 0.303 e. The van der Waals surface area contributed by atoms with E-state index in [2.05, 4.69) is 22.1 Å². The molecule has 0 bridgehead atoms. The molecule has 0 unspecified atom stereocenters. The van der Waals surface area contributed by atoms with Gasteiger partial charge in [-0.1, -0.05) is 48.2 Å². The molecule has 0 spiro atoms. The topological polar surface area (TPSA) is 126 Å². The number of nitrogens with one attached hydrogen (secondary N) is 1. The molecule has 11 heteroatoms. The van der Waals surface area contributed by atoms with Gasteiger partial charge in [0, 0.05) is 42.2 Å². The SMILES string of the molecule is CC(=O)OCC#Cc1cnc2c(c1)c(N)c(C(=O)NCc1ccc(F)cc1F)c(=O)n2OCc1ccccc1. The Balaban J connectivity index is 1.73. The Bertz CT molecular complexity index is 1680. The van der Waals surface area contributed by atoms with E-state index in [0.717, 1.165) is 16.4 Å². The number of esters is 1. The van der Waals surface area contributed by atoms with E-state index in [1.807, 2.05) is 6.07 Å². The maximum Gasteiger partial charge on any atom is 0.303 e. The van der Waals surface area contributed by atoms with Crippen molar-refractivity contribution in [2.75, 3.05) is 12.3 Å². The molecule has 0 saturated carbocycles. The van der Waals surface area contributed by atoms with Crippen LogP contribution in [0.2, 0.25) is 0 Å². The van der Waals surface area contributed by atoms with E-state index in [1.165, 1.54) is 25.3 Å². The van der Waals surface area contributed by atoms with E-state index in [-0.39, 0.29) is 42.0 Å². The minimum absolute atomic E-state index is 0.0109. The number of nitrogen functional groups attached to an aromatic ring is 1. The van der Waals surface area contributed by atoms with Crippen LogP contribution in [0.3, 0.4) is 0 Å². The Morgan fingerprint density at radius 3 is 2.62 bits per heavy atom. The van der Waals surface area contributed by atoms with Crippen LogP contribution < -0.4 is 21.4 Å². The van der Waals surface area contributed by atoms with Gasteiger partial charge >= 0.3 is 5.97 Å². The number of nitrogens with two attached hydrogens (primary N) is 1. The monoisotopic (exact) mass is 532 g/mol. The third kappa shape index (κ3) is 6.37. The number of ether oxygens (including phenoxy) is 1. The molecule has 0 atom stereocenters. The number of halogens is 2. The van der Waals surface area contributed by atoms with Gasteiger partial charge < -0.3 is 20.6 Å². The second-order valence-corrected chi connectivity index (χ2v) is 8.24. The lowest BCUT2D eigenvalue weighted by molar-refractivity contribution is -0.139. The van der Waals surface area contributed by atoms with Gasteiger partial charge in [-0.3, -0.25) is 14.4 Å². The quantitative estimate of drug-likeness (QED) is 0.277. The van der Waals surface area contributed by atoms with E-state index in [1.54, 1.807) is 24.3 Å². The Morgan fingerprint density at radius 1 is 1.13 bits per heavy atom. The van der Waals surface area contributed by atoms with Crippen LogP contribution in [0.1, 0.15) is 34.0 Å². The van der Waals surface area contributed by atoms with Gasteiger partial charge in [0.05, 0.1) is 5.69 Å². The maximum atomic E-state index is 14.1. The van der Waals surface area contributed by atoms with E-state index >= 15 is 0 Å². The van der Waals surface area contributed by atoms with Crippen LogP contribution in [0.5, 0.6) is 0 Å². The molecule has 198 valence electrons. The molecule has 0 aliphatic heterocycles. The molecule has 4 rings (SSSR count). The maximum absolute atomic E-state index is 14.1. The minimum atomic E-state index is -0.897. The number of aromatic nitrogens is 2. The Kier molecular flexibility index (Phi) is 8.16. The fraction of sp³-hybridized carbons (Fsp3) is 0.143. The van der Waals surface area contributed by atoms with E-state index in [9.17, 15) is 23.2 Å². The lowest BCUT2D eigenvalue weighted by Crippen LogP contribution is -2.37. The molecule has 3 N–H and O–H groups in total. The number of amides is 1. The molecule has 39 heavy (non-hydrogen) atoms. The van der Waals surface area contributed by atoms with Crippen LogP contribution >= 0.6 is 0 Å². The highest BCUT2D eigenvalue weighted by Crippen LogP contribution is 2.22. The zero-order chi connectivity index (χ0) is 27.9. The first-order chi connectivity index (χ1) is 18.7. The Morgan fingerprint density at radius 2 is 1.90 bits per heavy atom. The van der Waals surface area contributed by atoms with Crippen molar-refractivity contribution in [2.45, 2.75) is 20.1 Å². The van der Waals surface area contributed by atoms with Gasteiger partial charge in [0.25, 0.3) is 11.5 Å². The first kappa shape index (κ1) is 26.8. The number of carbonyl (C=O) groups excluding carboxylic acids is 2. The van der Waals surface area contributed by atoms with Crippen molar-refractivity contribution in [3.05, 3.63) is 105 Å². The lowest BCUT2D eigenvalue weighted by atomic mass is 10.1. The van der Waals surface area contributed by atoms with Crippen LogP contribution in [0.4, 0.5) is 14.5 Å². The summed E-state index contributed by atoms with van der Waals surface area (Å²) in [7, 11) is 0. The number of hydrogen-bond acceptors (Lipinski definition) is 7. The van der Waals surface area contributed by atoms with Gasteiger partial charge in [-0.05, 0) is 17.7 Å². The molecule has 0 aliphatic rings. The molecule has 4 aromatic rings. The zero-order valence-electron chi connectivity index (χ0n) is 20.7. The molecule has 2 heterocycles. The van der Waals surface area contributed by atoms with Crippen LogP contribution in [0.25, 0.3) is 11.0 Å². The zero-order valence-corrected chi connectivity index (χ0v) is 20.7. The van der Waals surface area contributed by atoms with Crippen LogP contribution in [0, 0.1) is 23.5 Å². The molecule has 9 nitrogen and oxygen atoms in total. The van der Waals surface area contributed by atoms with Gasteiger partial charge in [0.1, 0.15) is 23.8 Å². The molecular weight excluding hydrogens is 510 g/mol. The average Bonchev–Trinajstić information content (AvgIpc) is 2.91. The summed E-state index contributed by atoms with van der Waals surface area (Å²) >= 11 is 0. The summed E-state index contributed by atoms with van der Waals surface area (Å²) in [5.41, 5.74) is 5.91. The summed E-state index contributed by atoms with van der Waals surface area (Å²) in [6.07, 6.45) is 1.38. The van der Waals surface area contributed by atoms with Crippen molar-refractivity contribution < 1.29 is 27.9 Å². The Hall–Kier alpha value is -5.24. The van der Waals surface area contributed by atoms with Crippen LogP contribution in [-0.4, -0.2) is 28.2 Å². The van der Waals surface area contributed by atoms with Crippen LogP contribution in [-0.2, 0) is 22.7 Å². The van der Waals surface area contributed by atoms with Gasteiger partial charge in [0.2, 0.25) is 0 Å². The van der Waals surface area contributed by atoms with Crippen molar-refractivity contribution in [1.29, 1.82) is 0 Å². The summed E-state index contributed by atoms with van der Waals surface area (Å²) in [5.74, 6) is 2.43. The van der Waals surface area contributed by atoms with Crippen molar-refractivity contribution in [3.8, 4) is 11.8 Å². The molecule has 2 aromatic heterocycles. The highest BCUT2D eigenvalue weighted by atomic mass is 19.1. The highest BCUT2D eigenvalue weighted by molar-refractivity contribution is 6.05. The summed E-state index contributed by atoms with van der Waals surface area (Å²) in [6.45, 7) is 0.766. The third-order valence-electron chi connectivity index (χ3n) is 5.48. The summed E-state index contributed by atoms with van der Waals surface area (Å²) < 4.78 is 32.9. The predicted molar refractivity (Wildman–Crippen MR) is 138 cm³/mol. The van der Waals surface area contributed by atoms with Gasteiger partial charge in [-0.25, -0.2) is 13.8 Å². The fourth-order valence-corrected chi connectivity index (χ4v) is 3.59. The Labute approximate surface area is 221 Å². The number of rotatable bonds is 7. The predicted octanol–water partition coefficient (Wildman–Crippen LogP) is 2.73. The third-order valence-corrected chi connectivity index (χ3v) is 5.48. The first-order valence-electron chi connectivity index (χ1n) is 11.6. The first-order valence-corrected chi connectivity index (χ1v) is 11.6. The second-order valence-electron chi connectivity index (χ2n) is 8.24. The minimum Gasteiger partial charge on any atom is -0.453 e. The van der Waals surface area contributed by atoms with Crippen molar-refractivity contribution in [1.82, 2.24) is 15.0 Å². The number of nitrogens with zero attached hydrogens (tertiary/aromatic N) is 2. The largest absolute Gasteiger partial charge is 0.453 e. The number of hydrogen-bond donors (Lipinski definition) is 2. The number of anilines is 1. The van der Waals surface area contributed by atoms with Gasteiger partial charge in [-0.2, -0.15) is 0 Å². The molecule has 0 fully saturated rings. The summed E-state index contributed by atoms with van der Waals surface area (Å²) in [6, 6.07) is 13.4. The summed E-state index contributed by atoms with van der Waals surface area (Å²) in [5, 5.41) is 2.64. The van der Waals surface area contributed by atoms with E-state index < -0.39 is 34.6 Å². The lowest BCUT2D eigenvalue weighted by Gasteiger charge is -2.16. The number of benzene rings is 2. The fourth-order valence-electron chi connectivity index (χ4n) is 3.59. The molecule has 0 radical (unpaired) electrons. The van der Waals surface area contributed by atoms with Crippen molar-refractivity contribution in [3.63, 3.8) is 0 Å². The van der Waals surface area contributed by atoms with E-state index in [0.29, 0.717) is 11.6 Å². The molecule has 2 aromatic carbocycles. The standard InChI is InChI=1S/C28H22F2N4O5/c1-17(35)38-11-5-8-19-12-22-25(31)24(27(36)33-15-20-9-10-21(29)13-23(20)30)28(37)34(26(22)32-14-19)39-16-18-6-3-2-4-7-18/h2-4,6-7,9-10,12-14H,11,15-16,31H2,1H3,(H,33,36). The second kappa shape index (κ2) is 11.9. The normalized spacial score (nSPS) is 10.4. The number of fused-ring (bicyclic) bond motifs is 1. The average molecular weight is 533 g/mol. The van der Waals surface area contributed by atoms with Crippen molar-refractivity contribution >= 4 is 28.6 Å². The van der Waals surface area contributed by atoms with E-state index in [4.69, 9.17) is 15.3 Å². The molecule has 0 aliphatic carbocycles. The van der Waals surface area contributed by atoms with Gasteiger partial charge in [-0.15, -0.1) is 4.73 Å². The number of pyridine rings is 2. The van der Waals surface area contributed by atoms with Crippen molar-refractivity contribution in [2.24, 2.45) is 0 Å². The highest BCUT2D eigenvalue weighted by Gasteiger charge is 2.23. The molecule has 0 saturated heterocycles. The number of carbonyl (C=O) groups is 2. The summed E-state index contributed by atoms with van der Waals surface area (Å²) in [4.78, 5) is 47.5. The molecule has 1 amide bonds. The van der Waals surface area contributed by atoms with Gasteiger partial charge in [0.15, 0.2) is 12.3 Å². The van der Waals surface area contributed by atoms with Crippen LogP contribution in [0.15, 0.2) is 65.6 Å².